The highest BCUT2D eigenvalue weighted by atomic mass is 16.6. The van der Waals surface area contributed by atoms with Gasteiger partial charge in [0, 0.05) is 23.9 Å². The number of phenolic OH excluding ortho intramolecular Hbond substituents is 1. The molecule has 0 unspecified atom stereocenters. The van der Waals surface area contributed by atoms with Gasteiger partial charge in [-0.1, -0.05) is 18.2 Å². The number of benzene rings is 2. The number of nitro groups is 1. The van der Waals surface area contributed by atoms with Gasteiger partial charge in [0.1, 0.15) is 5.75 Å². The van der Waals surface area contributed by atoms with Gasteiger partial charge < -0.3 is 5.11 Å². The third-order valence-corrected chi connectivity index (χ3v) is 2.99. The Kier molecular flexibility index (Phi) is 3.79. The topological polar surface area (TPSA) is 75.7 Å². The first-order valence-electron chi connectivity index (χ1n) is 6.06. The molecule has 0 aromatic heterocycles. The number of nitrogens with zero attached hydrogens (tertiary/aromatic N) is 2. The minimum atomic E-state index is -0.504. The van der Waals surface area contributed by atoms with Gasteiger partial charge in [-0.3, -0.25) is 15.1 Å². The summed E-state index contributed by atoms with van der Waals surface area (Å²) in [6.07, 6.45) is 1.44. The van der Waals surface area contributed by atoms with Crippen molar-refractivity contribution in [3.8, 4) is 5.75 Å². The molecular formula is C15H14N2O3. The summed E-state index contributed by atoms with van der Waals surface area (Å²) < 4.78 is 0. The minimum Gasteiger partial charge on any atom is -0.507 e. The Bertz CT molecular complexity index is 673. The molecule has 0 atom stereocenters. The van der Waals surface area contributed by atoms with E-state index in [1.54, 1.807) is 0 Å². The zero-order chi connectivity index (χ0) is 14.7. The lowest BCUT2D eigenvalue weighted by Crippen LogP contribution is -1.90. The zero-order valence-corrected chi connectivity index (χ0v) is 11.2. The van der Waals surface area contributed by atoms with Crippen molar-refractivity contribution in [1.82, 2.24) is 0 Å². The number of hydrogen-bond acceptors (Lipinski definition) is 4. The van der Waals surface area contributed by atoms with Crippen molar-refractivity contribution < 1.29 is 10.0 Å². The van der Waals surface area contributed by atoms with Crippen molar-refractivity contribution >= 4 is 17.6 Å². The van der Waals surface area contributed by atoms with Crippen molar-refractivity contribution in [2.75, 3.05) is 0 Å². The lowest BCUT2D eigenvalue weighted by molar-refractivity contribution is -0.384. The molecule has 0 spiro atoms. The van der Waals surface area contributed by atoms with Gasteiger partial charge in [0.15, 0.2) is 0 Å². The van der Waals surface area contributed by atoms with E-state index in [-0.39, 0.29) is 11.4 Å². The van der Waals surface area contributed by atoms with E-state index in [9.17, 15) is 15.2 Å². The molecule has 0 heterocycles. The maximum atomic E-state index is 10.7. The SMILES string of the molecule is Cc1cccc(C)c1N=Cc1cc([N+](=O)[O-])ccc1O. The summed E-state index contributed by atoms with van der Waals surface area (Å²) >= 11 is 0. The fourth-order valence-corrected chi connectivity index (χ4v) is 1.90. The monoisotopic (exact) mass is 270 g/mol. The van der Waals surface area contributed by atoms with Gasteiger partial charge in [-0.2, -0.15) is 0 Å². The summed E-state index contributed by atoms with van der Waals surface area (Å²) in [5, 5.41) is 20.4. The van der Waals surface area contributed by atoms with Crippen LogP contribution in [-0.2, 0) is 0 Å². The van der Waals surface area contributed by atoms with Gasteiger partial charge in [0.2, 0.25) is 0 Å². The molecule has 0 bridgehead atoms. The number of aromatic hydroxyl groups is 1. The minimum absolute atomic E-state index is 0.0365. The molecule has 0 saturated heterocycles. The van der Waals surface area contributed by atoms with Crippen molar-refractivity contribution in [3.05, 3.63) is 63.2 Å². The standard InChI is InChI=1S/C15H14N2O3/c1-10-4-3-5-11(2)15(10)16-9-12-8-13(17(19)20)6-7-14(12)18/h3-9,18H,1-2H3. The maximum absolute atomic E-state index is 10.7. The third kappa shape index (κ3) is 2.83. The molecule has 2 aromatic rings. The Morgan fingerprint density at radius 3 is 2.45 bits per heavy atom. The predicted molar refractivity (Wildman–Crippen MR) is 77.9 cm³/mol. The fourth-order valence-electron chi connectivity index (χ4n) is 1.90. The molecule has 5 nitrogen and oxygen atoms in total. The first kappa shape index (κ1) is 13.7. The summed E-state index contributed by atoms with van der Waals surface area (Å²) in [7, 11) is 0. The number of para-hydroxylation sites is 1. The van der Waals surface area contributed by atoms with Crippen LogP contribution in [0, 0.1) is 24.0 Å². The molecule has 0 saturated carbocycles. The first-order chi connectivity index (χ1) is 9.49. The number of aryl methyl sites for hydroxylation is 2. The van der Waals surface area contributed by atoms with E-state index >= 15 is 0 Å². The average molecular weight is 270 g/mol. The van der Waals surface area contributed by atoms with E-state index in [1.165, 1.54) is 24.4 Å². The maximum Gasteiger partial charge on any atom is 0.270 e. The van der Waals surface area contributed by atoms with Crippen LogP contribution in [0.3, 0.4) is 0 Å². The van der Waals surface area contributed by atoms with Crippen LogP contribution in [0.2, 0.25) is 0 Å². The van der Waals surface area contributed by atoms with Gasteiger partial charge in [-0.25, -0.2) is 0 Å². The van der Waals surface area contributed by atoms with Gasteiger partial charge >= 0.3 is 0 Å². The molecule has 0 fully saturated rings. The van der Waals surface area contributed by atoms with Gasteiger partial charge in [0.05, 0.1) is 10.6 Å². The summed E-state index contributed by atoms with van der Waals surface area (Å²) in [4.78, 5) is 14.6. The van der Waals surface area contributed by atoms with Crippen LogP contribution in [0.1, 0.15) is 16.7 Å². The lowest BCUT2D eigenvalue weighted by atomic mass is 10.1. The van der Waals surface area contributed by atoms with Crippen molar-refractivity contribution in [2.45, 2.75) is 13.8 Å². The smallest absolute Gasteiger partial charge is 0.270 e. The van der Waals surface area contributed by atoms with Crippen molar-refractivity contribution in [2.24, 2.45) is 4.99 Å². The fraction of sp³-hybridized carbons (Fsp3) is 0.133. The highest BCUT2D eigenvalue weighted by Gasteiger charge is 2.09. The number of aliphatic imine (C=N–C) groups is 1. The second-order valence-corrected chi connectivity index (χ2v) is 4.50. The van der Waals surface area contributed by atoms with E-state index in [1.807, 2.05) is 32.0 Å². The molecule has 5 heteroatoms. The number of non-ortho nitro benzene ring substituents is 1. The quantitative estimate of drug-likeness (QED) is 0.525. The Labute approximate surface area is 116 Å². The summed E-state index contributed by atoms with van der Waals surface area (Å²) in [6, 6.07) is 9.66. The third-order valence-electron chi connectivity index (χ3n) is 2.99. The summed E-state index contributed by atoms with van der Waals surface area (Å²) in [5.74, 6) is -0.0365. The van der Waals surface area contributed by atoms with Gasteiger partial charge in [-0.05, 0) is 31.0 Å². The molecule has 102 valence electrons. The molecule has 0 aliphatic rings. The Hall–Kier alpha value is -2.69. The van der Waals surface area contributed by atoms with E-state index in [0.29, 0.717) is 5.56 Å². The van der Waals surface area contributed by atoms with Crippen molar-refractivity contribution in [3.63, 3.8) is 0 Å². The Morgan fingerprint density at radius 1 is 1.20 bits per heavy atom. The van der Waals surface area contributed by atoms with Crippen LogP contribution in [0.15, 0.2) is 41.4 Å². The molecule has 0 radical (unpaired) electrons. The molecular weight excluding hydrogens is 256 g/mol. The molecule has 2 rings (SSSR count). The highest BCUT2D eigenvalue weighted by Crippen LogP contribution is 2.25. The normalized spacial score (nSPS) is 10.9. The average Bonchev–Trinajstić information content (AvgIpc) is 2.39. The molecule has 0 aliphatic heterocycles. The molecule has 20 heavy (non-hydrogen) atoms. The van der Waals surface area contributed by atoms with E-state index in [2.05, 4.69) is 4.99 Å². The number of nitro benzene ring substituents is 1. The Morgan fingerprint density at radius 2 is 1.85 bits per heavy atom. The Balaban J connectivity index is 2.41. The number of phenols is 1. The summed E-state index contributed by atoms with van der Waals surface area (Å²) in [5.41, 5.74) is 3.06. The molecule has 1 N–H and O–H groups in total. The van der Waals surface area contributed by atoms with E-state index in [0.717, 1.165) is 16.8 Å². The second-order valence-electron chi connectivity index (χ2n) is 4.50. The molecule has 0 aliphatic carbocycles. The number of hydrogen-bond donors (Lipinski definition) is 1. The van der Waals surface area contributed by atoms with Crippen molar-refractivity contribution in [1.29, 1.82) is 0 Å². The van der Waals surface area contributed by atoms with E-state index < -0.39 is 4.92 Å². The highest BCUT2D eigenvalue weighted by molar-refractivity contribution is 5.86. The number of rotatable bonds is 3. The largest absolute Gasteiger partial charge is 0.507 e. The lowest BCUT2D eigenvalue weighted by Gasteiger charge is -2.04. The van der Waals surface area contributed by atoms with Crippen LogP contribution in [0.25, 0.3) is 0 Å². The van der Waals surface area contributed by atoms with Crippen LogP contribution < -0.4 is 0 Å². The zero-order valence-electron chi connectivity index (χ0n) is 11.2. The van der Waals surface area contributed by atoms with Crippen LogP contribution >= 0.6 is 0 Å². The van der Waals surface area contributed by atoms with Crippen LogP contribution in [0.5, 0.6) is 5.75 Å². The van der Waals surface area contributed by atoms with Crippen LogP contribution in [-0.4, -0.2) is 16.2 Å². The predicted octanol–water partition coefficient (Wildman–Crippen LogP) is 3.67. The van der Waals surface area contributed by atoms with E-state index in [4.69, 9.17) is 0 Å². The van der Waals surface area contributed by atoms with Gasteiger partial charge in [0.25, 0.3) is 5.69 Å². The van der Waals surface area contributed by atoms with Gasteiger partial charge in [-0.15, -0.1) is 0 Å². The molecule has 2 aromatic carbocycles. The summed E-state index contributed by atoms with van der Waals surface area (Å²) in [6.45, 7) is 3.87. The first-order valence-corrected chi connectivity index (χ1v) is 6.06. The van der Waals surface area contributed by atoms with Crippen LogP contribution in [0.4, 0.5) is 11.4 Å². The molecule has 0 amide bonds. The second kappa shape index (κ2) is 5.52.